The lowest BCUT2D eigenvalue weighted by atomic mass is 10.3. The molecule has 0 aromatic heterocycles. The molecule has 9 heavy (non-hydrogen) atoms. The molecule has 0 saturated carbocycles. The van der Waals surface area contributed by atoms with Crippen LogP contribution in [-0.4, -0.2) is 28.3 Å². The molecule has 6 heteroatoms. The molecule has 0 aliphatic rings. The molecule has 0 aromatic rings. The molecule has 0 fully saturated rings. The summed E-state index contributed by atoms with van der Waals surface area (Å²) in [4.78, 5) is 9.47. The van der Waals surface area contributed by atoms with E-state index in [1.54, 1.807) is 0 Å². The van der Waals surface area contributed by atoms with Crippen molar-refractivity contribution in [2.45, 2.75) is 0 Å². The molecule has 0 unspecified atom stereocenters. The molecule has 0 atom stereocenters. The Morgan fingerprint density at radius 2 is 1.67 bits per heavy atom. The Bertz CT molecular complexity index is 91.1. The Hall–Kier alpha value is -0.845. The third-order valence-electron chi connectivity index (χ3n) is 0.201. The SMILES string of the molecule is C=CC(N)=O.OB(O)O. The van der Waals surface area contributed by atoms with E-state index in [9.17, 15) is 4.79 Å². The summed E-state index contributed by atoms with van der Waals surface area (Å²) in [6.45, 7) is 3.09. The summed E-state index contributed by atoms with van der Waals surface area (Å²) in [6, 6.07) is 0. The molecule has 52 valence electrons. The summed E-state index contributed by atoms with van der Waals surface area (Å²) < 4.78 is 0. The zero-order valence-corrected chi connectivity index (χ0v) is 4.69. The smallest absolute Gasteiger partial charge is 0.402 e. The van der Waals surface area contributed by atoms with E-state index in [1.165, 1.54) is 0 Å². The minimum absolute atomic E-state index is 0.481. The van der Waals surface area contributed by atoms with Crippen molar-refractivity contribution >= 4 is 13.2 Å². The van der Waals surface area contributed by atoms with Gasteiger partial charge in [0, 0.05) is 0 Å². The molecule has 0 bridgehead atoms. The Kier molecular flexibility index (Phi) is 8.76. The number of nitrogens with two attached hydrogens (primary N) is 1. The minimum atomic E-state index is -2.17. The van der Waals surface area contributed by atoms with Crippen LogP contribution >= 0.6 is 0 Å². The number of rotatable bonds is 1. The topological polar surface area (TPSA) is 104 Å². The average Bonchev–Trinajstić information content (AvgIpc) is 1.65. The second-order valence-corrected chi connectivity index (χ2v) is 0.953. The van der Waals surface area contributed by atoms with E-state index >= 15 is 0 Å². The molecular weight excluding hydrogens is 125 g/mol. The van der Waals surface area contributed by atoms with Gasteiger partial charge in [0.25, 0.3) is 0 Å². The lowest BCUT2D eigenvalue weighted by molar-refractivity contribution is -0.113. The Morgan fingerprint density at radius 3 is 1.67 bits per heavy atom. The van der Waals surface area contributed by atoms with Crippen LogP contribution in [0.3, 0.4) is 0 Å². The molecule has 5 nitrogen and oxygen atoms in total. The van der Waals surface area contributed by atoms with Crippen LogP contribution < -0.4 is 5.73 Å². The molecule has 0 radical (unpaired) electrons. The highest BCUT2D eigenvalue weighted by atomic mass is 16.5. The maximum atomic E-state index is 9.47. The summed E-state index contributed by atoms with van der Waals surface area (Å²) in [5.74, 6) is -0.481. The number of carbonyl (C=O) groups excluding carboxylic acids is 1. The van der Waals surface area contributed by atoms with Gasteiger partial charge in [0.15, 0.2) is 0 Å². The molecule has 0 heterocycles. The lowest BCUT2D eigenvalue weighted by Gasteiger charge is -1.69. The minimum Gasteiger partial charge on any atom is -0.402 e. The number of hydrogen-bond donors (Lipinski definition) is 4. The highest BCUT2D eigenvalue weighted by Crippen LogP contribution is 1.48. The van der Waals surface area contributed by atoms with E-state index in [0.29, 0.717) is 0 Å². The van der Waals surface area contributed by atoms with Gasteiger partial charge in [-0.1, -0.05) is 6.58 Å². The first-order chi connectivity index (χ1) is 4.00. The monoisotopic (exact) mass is 133 g/mol. The van der Waals surface area contributed by atoms with Crippen LogP contribution in [0.15, 0.2) is 12.7 Å². The van der Waals surface area contributed by atoms with Crippen molar-refractivity contribution in [3.05, 3.63) is 12.7 Å². The predicted molar refractivity (Wildman–Crippen MR) is 31.8 cm³/mol. The second-order valence-electron chi connectivity index (χ2n) is 0.953. The van der Waals surface area contributed by atoms with Gasteiger partial charge in [-0.2, -0.15) is 0 Å². The third kappa shape index (κ3) is 143. The van der Waals surface area contributed by atoms with Gasteiger partial charge in [-0.3, -0.25) is 4.79 Å². The molecule has 0 aliphatic heterocycles. The van der Waals surface area contributed by atoms with Gasteiger partial charge in [-0.25, -0.2) is 0 Å². The van der Waals surface area contributed by atoms with Crippen LogP contribution in [-0.2, 0) is 4.79 Å². The second kappa shape index (κ2) is 7.15. The first-order valence-electron chi connectivity index (χ1n) is 1.96. The number of amides is 1. The van der Waals surface area contributed by atoms with Crippen LogP contribution in [0.1, 0.15) is 0 Å². The Balaban J connectivity index is 0. The molecule has 0 rings (SSSR count). The van der Waals surface area contributed by atoms with E-state index in [1.807, 2.05) is 0 Å². The van der Waals surface area contributed by atoms with Crippen LogP contribution in [0, 0.1) is 0 Å². The predicted octanol–water partition coefficient (Wildman–Crippen LogP) is -2.39. The fourth-order valence-corrected chi connectivity index (χ4v) is 0. The Labute approximate surface area is 52.6 Å². The van der Waals surface area contributed by atoms with Crippen LogP contribution in [0.2, 0.25) is 0 Å². The summed E-state index contributed by atoms with van der Waals surface area (Å²) in [6.07, 6.45) is 1.06. The summed E-state index contributed by atoms with van der Waals surface area (Å²) in [7, 11) is -2.17. The standard InChI is InChI=1S/C3H5NO.BH3O3/c1-2-3(4)5;2-1(3)4/h2H,1H2,(H2,4,5);2-4H. The van der Waals surface area contributed by atoms with Gasteiger partial charge in [-0.05, 0) is 6.08 Å². The largest absolute Gasteiger partial charge is 0.631 e. The number of hydrogen-bond acceptors (Lipinski definition) is 4. The van der Waals surface area contributed by atoms with Crippen LogP contribution in [0.25, 0.3) is 0 Å². The first kappa shape index (κ1) is 11.0. The van der Waals surface area contributed by atoms with E-state index in [0.717, 1.165) is 6.08 Å². The van der Waals surface area contributed by atoms with Crippen molar-refractivity contribution in [2.24, 2.45) is 5.73 Å². The van der Waals surface area contributed by atoms with Crippen molar-refractivity contribution in [1.82, 2.24) is 0 Å². The summed E-state index contributed by atoms with van der Waals surface area (Å²) in [5.41, 5.74) is 4.53. The summed E-state index contributed by atoms with van der Waals surface area (Å²) >= 11 is 0. The van der Waals surface area contributed by atoms with Crippen LogP contribution in [0.5, 0.6) is 0 Å². The van der Waals surface area contributed by atoms with E-state index in [4.69, 9.17) is 15.1 Å². The lowest BCUT2D eigenvalue weighted by Crippen LogP contribution is -2.07. The molecule has 5 N–H and O–H groups in total. The molecular formula is C3H8BNO4. The van der Waals surface area contributed by atoms with Crippen molar-refractivity contribution in [3.63, 3.8) is 0 Å². The normalized spacial score (nSPS) is 6.56. The number of carbonyl (C=O) groups is 1. The average molecular weight is 133 g/mol. The van der Waals surface area contributed by atoms with Crippen molar-refractivity contribution in [2.75, 3.05) is 0 Å². The molecule has 0 aliphatic carbocycles. The molecule has 0 spiro atoms. The fraction of sp³-hybridized carbons (Fsp3) is 0. The molecule has 1 amide bonds. The molecule has 0 saturated heterocycles. The van der Waals surface area contributed by atoms with Crippen LogP contribution in [0.4, 0.5) is 0 Å². The quantitative estimate of drug-likeness (QED) is 0.236. The fourth-order valence-electron chi connectivity index (χ4n) is 0. The van der Waals surface area contributed by atoms with Gasteiger partial charge in [0.1, 0.15) is 0 Å². The van der Waals surface area contributed by atoms with E-state index < -0.39 is 13.2 Å². The van der Waals surface area contributed by atoms with Gasteiger partial charge in [0.05, 0.1) is 0 Å². The highest BCUT2D eigenvalue weighted by Gasteiger charge is 1.92. The Morgan fingerprint density at radius 1 is 1.56 bits per heavy atom. The van der Waals surface area contributed by atoms with Crippen molar-refractivity contribution in [3.8, 4) is 0 Å². The van der Waals surface area contributed by atoms with Gasteiger partial charge in [0.2, 0.25) is 5.91 Å². The van der Waals surface area contributed by atoms with E-state index in [-0.39, 0.29) is 0 Å². The maximum Gasteiger partial charge on any atom is 0.631 e. The van der Waals surface area contributed by atoms with E-state index in [2.05, 4.69) is 12.3 Å². The maximum absolute atomic E-state index is 9.47. The first-order valence-corrected chi connectivity index (χ1v) is 1.96. The van der Waals surface area contributed by atoms with Gasteiger partial charge >= 0.3 is 7.32 Å². The third-order valence-corrected chi connectivity index (χ3v) is 0.201. The zero-order chi connectivity index (χ0) is 7.86. The highest BCUT2D eigenvalue weighted by molar-refractivity contribution is 6.30. The number of primary amides is 1. The molecule has 0 aromatic carbocycles. The van der Waals surface area contributed by atoms with Crippen molar-refractivity contribution in [1.29, 1.82) is 0 Å². The van der Waals surface area contributed by atoms with Crippen molar-refractivity contribution < 1.29 is 19.9 Å². The van der Waals surface area contributed by atoms with Gasteiger partial charge < -0.3 is 20.8 Å². The summed E-state index contributed by atoms with van der Waals surface area (Å²) in [5, 5.41) is 21.5. The van der Waals surface area contributed by atoms with Gasteiger partial charge in [-0.15, -0.1) is 0 Å². The zero-order valence-electron chi connectivity index (χ0n) is 4.69.